The van der Waals surface area contributed by atoms with E-state index in [-0.39, 0.29) is 23.7 Å². The zero-order valence-corrected chi connectivity index (χ0v) is 15.1. The van der Waals surface area contributed by atoms with E-state index in [2.05, 4.69) is 9.80 Å². The third-order valence-corrected chi connectivity index (χ3v) is 5.72. The Kier molecular flexibility index (Phi) is 4.69. The van der Waals surface area contributed by atoms with Crippen LogP contribution in [0.1, 0.15) is 12.8 Å². The van der Waals surface area contributed by atoms with Crippen LogP contribution in [0.4, 0.5) is 16.2 Å². The van der Waals surface area contributed by atoms with Gasteiger partial charge in [-0.3, -0.25) is 24.7 Å². The van der Waals surface area contributed by atoms with Crippen LogP contribution in [0.15, 0.2) is 24.3 Å². The molecular weight excluding hydrogens is 350 g/mol. The summed E-state index contributed by atoms with van der Waals surface area (Å²) < 4.78 is 0. The van der Waals surface area contributed by atoms with Crippen molar-refractivity contribution in [2.45, 2.75) is 18.9 Å². The van der Waals surface area contributed by atoms with Crippen LogP contribution in [-0.4, -0.2) is 83.4 Å². The molecule has 3 amide bonds. The zero-order chi connectivity index (χ0) is 19.0. The summed E-state index contributed by atoms with van der Waals surface area (Å²) in [5, 5.41) is 10.8. The van der Waals surface area contributed by atoms with Gasteiger partial charge in [0.25, 0.3) is 11.6 Å². The van der Waals surface area contributed by atoms with E-state index in [1.165, 1.54) is 17.0 Å². The molecule has 3 aliphatic heterocycles. The van der Waals surface area contributed by atoms with Crippen molar-refractivity contribution < 1.29 is 14.5 Å². The molecule has 1 aromatic carbocycles. The Hall–Kier alpha value is -2.68. The molecule has 3 heterocycles. The van der Waals surface area contributed by atoms with Crippen LogP contribution < -0.4 is 4.90 Å². The van der Waals surface area contributed by atoms with Crippen molar-refractivity contribution in [2.75, 3.05) is 50.7 Å². The molecule has 3 fully saturated rings. The van der Waals surface area contributed by atoms with E-state index >= 15 is 0 Å². The third-order valence-electron chi connectivity index (χ3n) is 5.72. The third kappa shape index (κ3) is 3.34. The second kappa shape index (κ2) is 7.15. The van der Waals surface area contributed by atoms with Crippen molar-refractivity contribution in [3.63, 3.8) is 0 Å². The van der Waals surface area contributed by atoms with Gasteiger partial charge in [0.05, 0.1) is 4.92 Å². The zero-order valence-electron chi connectivity index (χ0n) is 15.1. The average Bonchev–Trinajstić information content (AvgIpc) is 3.25. The van der Waals surface area contributed by atoms with Gasteiger partial charge in [0, 0.05) is 63.6 Å². The molecule has 1 unspecified atom stereocenters. The SMILES string of the molecule is O=C1C2CCCN2C(=O)N1CCN1CCN(c2ccc([N+](=O)[O-])cc2)CC1. The molecule has 144 valence electrons. The molecule has 0 aliphatic carbocycles. The highest BCUT2D eigenvalue weighted by atomic mass is 16.6. The van der Waals surface area contributed by atoms with Gasteiger partial charge in [0.1, 0.15) is 6.04 Å². The molecule has 3 saturated heterocycles. The minimum atomic E-state index is -0.395. The summed E-state index contributed by atoms with van der Waals surface area (Å²) >= 11 is 0. The number of fused-ring (bicyclic) bond motifs is 1. The number of anilines is 1. The summed E-state index contributed by atoms with van der Waals surface area (Å²) in [6, 6.07) is 6.26. The number of non-ortho nitro benzene ring substituents is 1. The van der Waals surface area contributed by atoms with Crippen molar-refractivity contribution in [3.8, 4) is 0 Å². The first kappa shape index (κ1) is 17.7. The van der Waals surface area contributed by atoms with Crippen LogP contribution in [-0.2, 0) is 4.79 Å². The van der Waals surface area contributed by atoms with Crippen molar-refractivity contribution >= 4 is 23.3 Å². The summed E-state index contributed by atoms with van der Waals surface area (Å²) in [7, 11) is 0. The number of amides is 3. The number of urea groups is 1. The lowest BCUT2D eigenvalue weighted by Crippen LogP contribution is -2.49. The van der Waals surface area contributed by atoms with Crippen molar-refractivity contribution in [3.05, 3.63) is 34.4 Å². The van der Waals surface area contributed by atoms with E-state index in [0.717, 1.165) is 44.7 Å². The summed E-state index contributed by atoms with van der Waals surface area (Å²) in [5.74, 6) is -0.0398. The van der Waals surface area contributed by atoms with E-state index in [0.29, 0.717) is 19.6 Å². The van der Waals surface area contributed by atoms with Crippen molar-refractivity contribution in [1.29, 1.82) is 0 Å². The summed E-state index contributed by atoms with van der Waals surface area (Å²) in [5.41, 5.74) is 1.07. The first-order valence-corrected chi connectivity index (χ1v) is 9.38. The molecule has 0 N–H and O–H groups in total. The maximum Gasteiger partial charge on any atom is 0.327 e. The number of nitro groups is 1. The molecule has 0 spiro atoms. The lowest BCUT2D eigenvalue weighted by Gasteiger charge is -2.36. The normalized spacial score (nSPS) is 23.3. The molecular formula is C18H23N5O4. The minimum Gasteiger partial charge on any atom is -0.369 e. The van der Waals surface area contributed by atoms with Crippen LogP contribution in [0.5, 0.6) is 0 Å². The molecule has 0 bridgehead atoms. The number of hydrogen-bond donors (Lipinski definition) is 0. The van der Waals surface area contributed by atoms with Crippen LogP contribution in [0, 0.1) is 10.1 Å². The quantitative estimate of drug-likeness (QED) is 0.437. The van der Waals surface area contributed by atoms with Gasteiger partial charge in [0.15, 0.2) is 0 Å². The number of nitro benzene ring substituents is 1. The number of hydrogen-bond acceptors (Lipinski definition) is 6. The summed E-state index contributed by atoms with van der Waals surface area (Å²) in [6.45, 7) is 5.12. The second-order valence-electron chi connectivity index (χ2n) is 7.23. The molecule has 3 aliphatic rings. The lowest BCUT2D eigenvalue weighted by molar-refractivity contribution is -0.384. The Bertz CT molecular complexity index is 723. The van der Waals surface area contributed by atoms with Gasteiger partial charge in [-0.25, -0.2) is 4.79 Å². The van der Waals surface area contributed by atoms with Crippen LogP contribution in [0.25, 0.3) is 0 Å². The van der Waals surface area contributed by atoms with Crippen LogP contribution in [0.3, 0.4) is 0 Å². The number of rotatable bonds is 5. The Morgan fingerprint density at radius 1 is 1.00 bits per heavy atom. The maximum absolute atomic E-state index is 12.4. The number of benzene rings is 1. The molecule has 27 heavy (non-hydrogen) atoms. The first-order valence-electron chi connectivity index (χ1n) is 9.38. The van der Waals surface area contributed by atoms with Gasteiger partial charge in [-0.05, 0) is 25.0 Å². The van der Waals surface area contributed by atoms with Gasteiger partial charge < -0.3 is 9.80 Å². The number of piperazine rings is 1. The van der Waals surface area contributed by atoms with E-state index in [1.54, 1.807) is 17.0 Å². The topological polar surface area (TPSA) is 90.2 Å². The first-order chi connectivity index (χ1) is 13.0. The predicted octanol–water partition coefficient (Wildman–Crippen LogP) is 1.14. The van der Waals surface area contributed by atoms with E-state index < -0.39 is 4.92 Å². The highest BCUT2D eigenvalue weighted by Crippen LogP contribution is 2.27. The Labute approximate surface area is 157 Å². The van der Waals surface area contributed by atoms with Gasteiger partial charge in [-0.1, -0.05) is 0 Å². The van der Waals surface area contributed by atoms with Crippen LogP contribution in [0.2, 0.25) is 0 Å². The van der Waals surface area contributed by atoms with Gasteiger partial charge in [-0.2, -0.15) is 0 Å². The van der Waals surface area contributed by atoms with Gasteiger partial charge >= 0.3 is 6.03 Å². The maximum atomic E-state index is 12.4. The molecule has 1 aromatic rings. The van der Waals surface area contributed by atoms with Gasteiger partial charge in [-0.15, -0.1) is 0 Å². The fraction of sp³-hybridized carbons (Fsp3) is 0.556. The second-order valence-corrected chi connectivity index (χ2v) is 7.23. The smallest absolute Gasteiger partial charge is 0.327 e. The number of carbonyl (C=O) groups is 2. The number of imide groups is 1. The number of carbonyl (C=O) groups excluding carboxylic acids is 2. The Balaban J connectivity index is 1.27. The summed E-state index contributed by atoms with van der Waals surface area (Å²) in [6.07, 6.45) is 1.70. The van der Waals surface area contributed by atoms with Crippen molar-refractivity contribution in [1.82, 2.24) is 14.7 Å². The molecule has 9 heteroatoms. The summed E-state index contributed by atoms with van der Waals surface area (Å²) in [4.78, 5) is 42.6. The Morgan fingerprint density at radius 3 is 2.33 bits per heavy atom. The minimum absolute atomic E-state index is 0.0398. The predicted molar refractivity (Wildman–Crippen MR) is 98.6 cm³/mol. The lowest BCUT2D eigenvalue weighted by atomic mass is 10.2. The molecule has 4 rings (SSSR count). The highest BCUT2D eigenvalue weighted by Gasteiger charge is 2.47. The monoisotopic (exact) mass is 373 g/mol. The standard InChI is InChI=1S/C18H23N5O4/c24-17-16-2-1-7-21(16)18(25)22(17)13-10-19-8-11-20(12-9-19)14-3-5-15(6-4-14)23(26)27/h3-6,16H,1-2,7-13H2. The average molecular weight is 373 g/mol. The molecule has 9 nitrogen and oxygen atoms in total. The van der Waals surface area contributed by atoms with Gasteiger partial charge in [0.2, 0.25) is 0 Å². The largest absolute Gasteiger partial charge is 0.369 e. The van der Waals surface area contributed by atoms with E-state index in [1.807, 2.05) is 0 Å². The Morgan fingerprint density at radius 2 is 1.70 bits per heavy atom. The molecule has 0 saturated carbocycles. The molecule has 1 atom stereocenters. The highest BCUT2D eigenvalue weighted by molar-refractivity contribution is 6.04. The fourth-order valence-electron chi connectivity index (χ4n) is 4.14. The van der Waals surface area contributed by atoms with E-state index in [4.69, 9.17) is 0 Å². The van der Waals surface area contributed by atoms with Crippen LogP contribution >= 0.6 is 0 Å². The molecule has 0 radical (unpaired) electrons. The number of nitrogens with zero attached hydrogens (tertiary/aromatic N) is 5. The molecule has 0 aromatic heterocycles. The fourth-order valence-corrected chi connectivity index (χ4v) is 4.14. The van der Waals surface area contributed by atoms with Crippen molar-refractivity contribution in [2.24, 2.45) is 0 Å². The van der Waals surface area contributed by atoms with E-state index in [9.17, 15) is 19.7 Å².